The Morgan fingerprint density at radius 3 is 2.17 bits per heavy atom. The number of benzene rings is 2. The Balaban J connectivity index is 1.86. The molecule has 2 aromatic rings. The molecule has 2 aromatic carbocycles. The molecule has 0 fully saturated rings. The van der Waals surface area contributed by atoms with Crippen LogP contribution in [0.2, 0.25) is 0 Å². The number of hydrogen-bond donors (Lipinski definition) is 1. The molecular weight excluding hydrogens is 403 g/mol. The van der Waals surface area contributed by atoms with Crippen LogP contribution in [0.5, 0.6) is 11.5 Å². The number of alkyl halides is 3. The summed E-state index contributed by atoms with van der Waals surface area (Å²) in [6, 6.07) is 8.99. The highest BCUT2D eigenvalue weighted by Gasteiger charge is 2.30. The lowest BCUT2D eigenvalue weighted by molar-refractivity contribution is -0.146. The minimum atomic E-state index is -4.46. The number of nitrogens with one attached hydrogen (secondary N) is 1. The molecule has 0 bridgehead atoms. The van der Waals surface area contributed by atoms with Crippen LogP contribution in [0, 0.1) is 0 Å². The molecule has 2 rings (SSSR count). The van der Waals surface area contributed by atoms with Gasteiger partial charge in [0.2, 0.25) is 0 Å². The Morgan fingerprint density at radius 2 is 1.57 bits per heavy atom. The van der Waals surface area contributed by atoms with Crippen LogP contribution < -0.4 is 14.8 Å². The Hall–Kier alpha value is -3.23. The van der Waals surface area contributed by atoms with E-state index in [4.69, 9.17) is 14.2 Å². The number of carbonyl (C=O) groups excluding carboxylic acids is 2. The molecule has 9 heteroatoms. The van der Waals surface area contributed by atoms with Gasteiger partial charge in [0.1, 0.15) is 0 Å². The van der Waals surface area contributed by atoms with Gasteiger partial charge in [0, 0.05) is 5.69 Å². The normalized spacial score (nSPS) is 11.0. The average Bonchev–Trinajstić information content (AvgIpc) is 2.68. The van der Waals surface area contributed by atoms with Gasteiger partial charge < -0.3 is 19.5 Å². The van der Waals surface area contributed by atoms with Crippen molar-refractivity contribution in [2.45, 2.75) is 26.4 Å². The molecule has 0 aliphatic heterocycles. The van der Waals surface area contributed by atoms with Gasteiger partial charge in [-0.25, -0.2) is 0 Å². The zero-order valence-corrected chi connectivity index (χ0v) is 16.5. The maximum absolute atomic E-state index is 12.5. The molecule has 6 nitrogen and oxygen atoms in total. The van der Waals surface area contributed by atoms with Crippen LogP contribution in [0.25, 0.3) is 0 Å². The Morgan fingerprint density at radius 1 is 0.933 bits per heavy atom. The minimum absolute atomic E-state index is 0.0833. The van der Waals surface area contributed by atoms with E-state index in [-0.39, 0.29) is 12.1 Å². The molecule has 0 radical (unpaired) electrons. The van der Waals surface area contributed by atoms with Gasteiger partial charge in [0.15, 0.2) is 18.1 Å². The molecule has 0 heterocycles. The third-order valence-electron chi connectivity index (χ3n) is 3.82. The largest absolute Gasteiger partial charge is 0.490 e. The molecule has 0 unspecified atom stereocenters. The first-order chi connectivity index (χ1) is 14.2. The van der Waals surface area contributed by atoms with E-state index in [1.807, 2.05) is 13.8 Å². The lowest BCUT2D eigenvalue weighted by Gasteiger charge is -2.12. The van der Waals surface area contributed by atoms with Crippen molar-refractivity contribution in [2.75, 3.05) is 25.1 Å². The van der Waals surface area contributed by atoms with Crippen LogP contribution in [0.15, 0.2) is 42.5 Å². The minimum Gasteiger partial charge on any atom is -0.490 e. The number of halogens is 3. The van der Waals surface area contributed by atoms with Crippen LogP contribution >= 0.6 is 0 Å². The van der Waals surface area contributed by atoms with Gasteiger partial charge in [-0.15, -0.1) is 0 Å². The Labute approximate surface area is 171 Å². The SMILES string of the molecule is CCOc1ccc(CC(=O)OCC(=O)Nc2ccc(C(F)(F)F)cc2)cc1OCC. The fraction of sp³-hybridized carbons (Fsp3) is 0.333. The van der Waals surface area contributed by atoms with Gasteiger partial charge in [-0.3, -0.25) is 9.59 Å². The smallest absolute Gasteiger partial charge is 0.416 e. The summed E-state index contributed by atoms with van der Waals surface area (Å²) in [5.74, 6) is -0.230. The quantitative estimate of drug-likeness (QED) is 0.609. The van der Waals surface area contributed by atoms with Crippen LogP contribution in [-0.4, -0.2) is 31.7 Å². The van der Waals surface area contributed by atoms with Crippen molar-refractivity contribution in [3.05, 3.63) is 53.6 Å². The average molecular weight is 425 g/mol. The molecule has 1 amide bonds. The van der Waals surface area contributed by atoms with E-state index in [0.29, 0.717) is 30.3 Å². The third kappa shape index (κ3) is 6.98. The van der Waals surface area contributed by atoms with Gasteiger partial charge in [-0.2, -0.15) is 13.2 Å². The first-order valence-corrected chi connectivity index (χ1v) is 9.24. The maximum Gasteiger partial charge on any atom is 0.416 e. The van der Waals surface area contributed by atoms with E-state index in [1.165, 1.54) is 0 Å². The van der Waals surface area contributed by atoms with Crippen LogP contribution in [0.4, 0.5) is 18.9 Å². The maximum atomic E-state index is 12.5. The predicted octanol–water partition coefficient (Wildman–Crippen LogP) is 4.23. The molecule has 162 valence electrons. The van der Waals surface area contributed by atoms with Gasteiger partial charge in [0.25, 0.3) is 5.91 Å². The summed E-state index contributed by atoms with van der Waals surface area (Å²) >= 11 is 0. The fourth-order valence-electron chi connectivity index (χ4n) is 2.51. The zero-order valence-electron chi connectivity index (χ0n) is 16.5. The number of esters is 1. The van der Waals surface area contributed by atoms with E-state index in [9.17, 15) is 22.8 Å². The summed E-state index contributed by atoms with van der Waals surface area (Å²) in [5, 5.41) is 2.37. The molecule has 0 saturated heterocycles. The lowest BCUT2D eigenvalue weighted by atomic mass is 10.1. The third-order valence-corrected chi connectivity index (χ3v) is 3.82. The summed E-state index contributed by atoms with van der Waals surface area (Å²) in [4.78, 5) is 23.9. The second-order valence-corrected chi connectivity index (χ2v) is 6.11. The molecule has 0 aromatic heterocycles. The zero-order chi connectivity index (χ0) is 22.1. The number of amides is 1. The van der Waals surface area contributed by atoms with E-state index >= 15 is 0 Å². The molecule has 0 aliphatic rings. The van der Waals surface area contributed by atoms with Crippen molar-refractivity contribution in [1.29, 1.82) is 0 Å². The van der Waals surface area contributed by atoms with Crippen molar-refractivity contribution in [1.82, 2.24) is 0 Å². The van der Waals surface area contributed by atoms with Crippen molar-refractivity contribution in [3.63, 3.8) is 0 Å². The highest BCUT2D eigenvalue weighted by molar-refractivity contribution is 5.92. The van der Waals surface area contributed by atoms with Crippen LogP contribution in [0.1, 0.15) is 25.0 Å². The summed E-state index contributed by atoms with van der Waals surface area (Å²) in [5.41, 5.74) is -0.0410. The fourth-order valence-corrected chi connectivity index (χ4v) is 2.51. The lowest BCUT2D eigenvalue weighted by Crippen LogP contribution is -2.21. The van der Waals surface area contributed by atoms with Gasteiger partial charge in [-0.05, 0) is 55.8 Å². The first kappa shape index (κ1) is 23.1. The second-order valence-electron chi connectivity index (χ2n) is 6.11. The van der Waals surface area contributed by atoms with E-state index < -0.39 is 30.2 Å². The molecule has 0 spiro atoms. The summed E-state index contributed by atoms with van der Waals surface area (Å²) in [7, 11) is 0. The van der Waals surface area contributed by atoms with E-state index in [0.717, 1.165) is 24.3 Å². The van der Waals surface area contributed by atoms with Crippen molar-refractivity contribution < 1.29 is 37.0 Å². The number of anilines is 1. The number of hydrogen-bond acceptors (Lipinski definition) is 5. The summed E-state index contributed by atoms with van der Waals surface area (Å²) in [6.45, 7) is 4.01. The monoisotopic (exact) mass is 425 g/mol. The predicted molar refractivity (Wildman–Crippen MR) is 104 cm³/mol. The second kappa shape index (κ2) is 10.5. The van der Waals surface area contributed by atoms with Gasteiger partial charge >= 0.3 is 12.1 Å². The molecule has 1 N–H and O–H groups in total. The molecule has 30 heavy (non-hydrogen) atoms. The first-order valence-electron chi connectivity index (χ1n) is 9.24. The standard InChI is InChI=1S/C21H22F3NO5/c1-3-28-17-10-5-14(11-18(17)29-4-2)12-20(27)30-13-19(26)25-16-8-6-15(7-9-16)21(22,23)24/h5-11H,3-4,12-13H2,1-2H3,(H,25,26). The van der Waals surface area contributed by atoms with Crippen LogP contribution in [0.3, 0.4) is 0 Å². The van der Waals surface area contributed by atoms with E-state index in [1.54, 1.807) is 18.2 Å². The van der Waals surface area contributed by atoms with Crippen LogP contribution in [-0.2, 0) is 26.9 Å². The highest BCUT2D eigenvalue weighted by Crippen LogP contribution is 2.30. The van der Waals surface area contributed by atoms with Crippen molar-refractivity contribution >= 4 is 17.6 Å². The Kier molecular flexibility index (Phi) is 8.08. The van der Waals surface area contributed by atoms with E-state index in [2.05, 4.69) is 5.32 Å². The molecular formula is C21H22F3NO5. The van der Waals surface area contributed by atoms with Crippen molar-refractivity contribution in [3.8, 4) is 11.5 Å². The topological polar surface area (TPSA) is 73.9 Å². The molecule has 0 atom stereocenters. The van der Waals surface area contributed by atoms with Crippen molar-refractivity contribution in [2.24, 2.45) is 0 Å². The number of rotatable bonds is 9. The molecule has 0 aliphatic carbocycles. The molecule has 0 saturated carbocycles. The highest BCUT2D eigenvalue weighted by atomic mass is 19.4. The summed E-state index contributed by atoms with van der Waals surface area (Å²) in [6.07, 6.45) is -4.54. The number of ether oxygens (including phenoxy) is 3. The number of carbonyl (C=O) groups is 2. The van der Waals surface area contributed by atoms with Gasteiger partial charge in [-0.1, -0.05) is 6.07 Å². The van der Waals surface area contributed by atoms with Gasteiger partial charge in [0.05, 0.1) is 25.2 Å². The summed E-state index contributed by atoms with van der Waals surface area (Å²) < 4.78 is 53.5. The Bertz CT molecular complexity index is 866.